The minimum Gasteiger partial charge on any atom is -0.317 e. The summed E-state index contributed by atoms with van der Waals surface area (Å²) in [6.45, 7) is 5.68. The van der Waals surface area contributed by atoms with Crippen molar-refractivity contribution in [2.45, 2.75) is 39.4 Å². The predicted octanol–water partition coefficient (Wildman–Crippen LogP) is 2.68. The molecule has 0 spiro atoms. The molecular formula is C14H19FN4. The molecule has 0 bridgehead atoms. The molecule has 0 aliphatic rings. The summed E-state index contributed by atoms with van der Waals surface area (Å²) in [5.41, 5.74) is 1.09. The highest BCUT2D eigenvalue weighted by atomic mass is 19.1. The van der Waals surface area contributed by atoms with Gasteiger partial charge in [0.05, 0.1) is 6.54 Å². The Labute approximate surface area is 112 Å². The second-order valence-corrected chi connectivity index (χ2v) is 4.43. The first-order chi connectivity index (χ1) is 9.24. The van der Waals surface area contributed by atoms with Crippen molar-refractivity contribution in [2.24, 2.45) is 0 Å². The van der Waals surface area contributed by atoms with E-state index in [4.69, 9.17) is 0 Å². The second-order valence-electron chi connectivity index (χ2n) is 4.43. The summed E-state index contributed by atoms with van der Waals surface area (Å²) in [6.07, 6.45) is 2.67. The molecule has 0 aliphatic heterocycles. The number of aromatic nitrogens is 3. The van der Waals surface area contributed by atoms with Gasteiger partial charge in [0, 0.05) is 12.6 Å². The lowest BCUT2D eigenvalue weighted by atomic mass is 10.0. The highest BCUT2D eigenvalue weighted by molar-refractivity contribution is 5.19. The Morgan fingerprint density at radius 3 is 2.63 bits per heavy atom. The monoisotopic (exact) mass is 262 g/mol. The fourth-order valence-corrected chi connectivity index (χ4v) is 2.09. The fraction of sp³-hybridized carbons (Fsp3) is 0.429. The largest absolute Gasteiger partial charge is 0.317 e. The lowest BCUT2D eigenvalue weighted by molar-refractivity contribution is 0.495. The third-order valence-corrected chi connectivity index (χ3v) is 3.22. The molecule has 0 amide bonds. The average molecular weight is 262 g/mol. The van der Waals surface area contributed by atoms with E-state index in [1.165, 1.54) is 12.1 Å². The molecule has 0 aliphatic carbocycles. The maximum absolute atomic E-state index is 12.9. The molecule has 2 aromatic rings. The summed E-state index contributed by atoms with van der Waals surface area (Å²) in [5.74, 6) is 0.715. The van der Waals surface area contributed by atoms with Crippen LogP contribution in [0.3, 0.4) is 0 Å². The Morgan fingerprint density at radius 2 is 2.00 bits per heavy atom. The Morgan fingerprint density at radius 1 is 1.26 bits per heavy atom. The summed E-state index contributed by atoms with van der Waals surface area (Å²) in [5, 5.41) is 11.4. The molecule has 2 rings (SSSR count). The SMILES string of the molecule is CCC(NCc1nncn1CC)c1ccc(F)cc1. The highest BCUT2D eigenvalue weighted by Gasteiger charge is 2.10. The van der Waals surface area contributed by atoms with Crippen LogP contribution >= 0.6 is 0 Å². The Kier molecular flexibility index (Phi) is 4.63. The van der Waals surface area contributed by atoms with Crippen LogP contribution in [0.5, 0.6) is 0 Å². The van der Waals surface area contributed by atoms with Crippen molar-refractivity contribution in [1.29, 1.82) is 0 Å². The van der Waals surface area contributed by atoms with Crippen molar-refractivity contribution in [3.05, 3.63) is 47.8 Å². The molecule has 1 aromatic carbocycles. The van der Waals surface area contributed by atoms with Crippen LogP contribution in [-0.2, 0) is 13.1 Å². The van der Waals surface area contributed by atoms with E-state index in [9.17, 15) is 4.39 Å². The van der Waals surface area contributed by atoms with Crippen molar-refractivity contribution in [2.75, 3.05) is 0 Å². The standard InChI is InChI=1S/C14H19FN4/c1-3-13(11-5-7-12(15)8-6-11)16-9-14-18-17-10-19(14)4-2/h5-8,10,13,16H,3-4,9H2,1-2H3. The molecule has 0 radical (unpaired) electrons. The smallest absolute Gasteiger partial charge is 0.146 e. The molecule has 1 atom stereocenters. The Bertz CT molecular complexity index is 506. The Hall–Kier alpha value is -1.75. The first-order valence-corrected chi connectivity index (χ1v) is 6.60. The predicted molar refractivity (Wildman–Crippen MR) is 72.0 cm³/mol. The first-order valence-electron chi connectivity index (χ1n) is 6.60. The van der Waals surface area contributed by atoms with Gasteiger partial charge in [-0.1, -0.05) is 19.1 Å². The van der Waals surface area contributed by atoms with Crippen molar-refractivity contribution >= 4 is 0 Å². The molecular weight excluding hydrogens is 243 g/mol. The molecule has 1 unspecified atom stereocenters. The third kappa shape index (κ3) is 3.38. The van der Waals surface area contributed by atoms with Crippen LogP contribution in [0.4, 0.5) is 4.39 Å². The normalized spacial score (nSPS) is 12.6. The fourth-order valence-electron chi connectivity index (χ4n) is 2.09. The summed E-state index contributed by atoms with van der Waals surface area (Å²) >= 11 is 0. The number of halogens is 1. The molecule has 0 fully saturated rings. The van der Waals surface area contributed by atoms with Gasteiger partial charge in [-0.2, -0.15) is 0 Å². The van der Waals surface area contributed by atoms with Crippen molar-refractivity contribution < 1.29 is 4.39 Å². The summed E-state index contributed by atoms with van der Waals surface area (Å²) in [4.78, 5) is 0. The lowest BCUT2D eigenvalue weighted by Crippen LogP contribution is -2.22. The molecule has 1 heterocycles. The van der Waals surface area contributed by atoms with E-state index in [-0.39, 0.29) is 11.9 Å². The van der Waals surface area contributed by atoms with E-state index in [2.05, 4.69) is 29.4 Å². The number of rotatable bonds is 6. The maximum atomic E-state index is 12.9. The first kappa shape index (κ1) is 13.7. The average Bonchev–Trinajstić information content (AvgIpc) is 2.89. The lowest BCUT2D eigenvalue weighted by Gasteiger charge is -2.17. The third-order valence-electron chi connectivity index (χ3n) is 3.22. The van der Waals surface area contributed by atoms with E-state index in [0.29, 0.717) is 6.54 Å². The van der Waals surface area contributed by atoms with Crippen molar-refractivity contribution in [3.63, 3.8) is 0 Å². The zero-order valence-corrected chi connectivity index (χ0v) is 11.3. The van der Waals surface area contributed by atoms with Crippen molar-refractivity contribution in [3.8, 4) is 0 Å². The van der Waals surface area contributed by atoms with Gasteiger partial charge in [0.1, 0.15) is 18.0 Å². The minimum atomic E-state index is -0.204. The number of aryl methyl sites for hydroxylation is 1. The van der Waals surface area contributed by atoms with Gasteiger partial charge in [-0.05, 0) is 31.0 Å². The molecule has 0 saturated heterocycles. The van der Waals surface area contributed by atoms with E-state index in [1.54, 1.807) is 6.33 Å². The number of nitrogens with one attached hydrogen (secondary N) is 1. The number of benzene rings is 1. The van der Waals surface area contributed by atoms with Gasteiger partial charge in [0.25, 0.3) is 0 Å². The maximum Gasteiger partial charge on any atom is 0.146 e. The van der Waals surface area contributed by atoms with Crippen LogP contribution in [0.15, 0.2) is 30.6 Å². The van der Waals surface area contributed by atoms with Gasteiger partial charge in [0.2, 0.25) is 0 Å². The van der Waals surface area contributed by atoms with E-state index >= 15 is 0 Å². The topological polar surface area (TPSA) is 42.7 Å². The zero-order valence-electron chi connectivity index (χ0n) is 11.3. The molecule has 102 valence electrons. The van der Waals surface area contributed by atoms with Crippen molar-refractivity contribution in [1.82, 2.24) is 20.1 Å². The molecule has 19 heavy (non-hydrogen) atoms. The summed E-state index contributed by atoms with van der Waals surface area (Å²) in [7, 11) is 0. The van der Waals surface area contributed by atoms with Crippen LogP contribution in [0.2, 0.25) is 0 Å². The van der Waals surface area contributed by atoms with Crippen LogP contribution < -0.4 is 5.32 Å². The summed E-state index contributed by atoms with van der Waals surface area (Å²) in [6, 6.07) is 6.83. The molecule has 4 nitrogen and oxygen atoms in total. The highest BCUT2D eigenvalue weighted by Crippen LogP contribution is 2.17. The molecule has 5 heteroatoms. The van der Waals surface area contributed by atoms with Crippen LogP contribution in [0.1, 0.15) is 37.7 Å². The van der Waals surface area contributed by atoms with Gasteiger partial charge in [0.15, 0.2) is 0 Å². The van der Waals surface area contributed by atoms with Gasteiger partial charge in [-0.3, -0.25) is 0 Å². The van der Waals surface area contributed by atoms with Gasteiger partial charge in [-0.25, -0.2) is 4.39 Å². The van der Waals surface area contributed by atoms with E-state index in [0.717, 1.165) is 24.4 Å². The Balaban J connectivity index is 2.01. The van der Waals surface area contributed by atoms with E-state index in [1.807, 2.05) is 16.7 Å². The van der Waals surface area contributed by atoms with E-state index < -0.39 is 0 Å². The number of hydrogen-bond acceptors (Lipinski definition) is 3. The second kappa shape index (κ2) is 6.43. The van der Waals surface area contributed by atoms with Gasteiger partial charge >= 0.3 is 0 Å². The number of hydrogen-bond donors (Lipinski definition) is 1. The van der Waals surface area contributed by atoms with Crippen LogP contribution in [0, 0.1) is 5.82 Å². The number of nitrogens with zero attached hydrogens (tertiary/aromatic N) is 3. The van der Waals surface area contributed by atoms with Gasteiger partial charge < -0.3 is 9.88 Å². The van der Waals surface area contributed by atoms with Crippen LogP contribution in [0.25, 0.3) is 0 Å². The molecule has 1 aromatic heterocycles. The van der Waals surface area contributed by atoms with Gasteiger partial charge in [-0.15, -0.1) is 10.2 Å². The zero-order chi connectivity index (χ0) is 13.7. The molecule has 0 saturated carbocycles. The minimum absolute atomic E-state index is 0.197. The quantitative estimate of drug-likeness (QED) is 0.870. The molecule has 1 N–H and O–H groups in total. The van der Waals surface area contributed by atoms with Crippen LogP contribution in [-0.4, -0.2) is 14.8 Å². The summed E-state index contributed by atoms with van der Waals surface area (Å²) < 4.78 is 14.9.